The van der Waals surface area contributed by atoms with Crippen LogP contribution < -0.4 is 11.1 Å². The van der Waals surface area contributed by atoms with Crippen LogP contribution in [0.25, 0.3) is 0 Å². The lowest BCUT2D eigenvalue weighted by Crippen LogP contribution is -2.10. The molecule has 1 heterocycles. The summed E-state index contributed by atoms with van der Waals surface area (Å²) in [6, 6.07) is 8.82. The second-order valence-electron chi connectivity index (χ2n) is 4.28. The van der Waals surface area contributed by atoms with Crippen molar-refractivity contribution >= 4 is 0 Å². The van der Waals surface area contributed by atoms with Gasteiger partial charge < -0.3 is 11.1 Å². The maximum Gasteiger partial charge on any atom is 0.00207 e. The van der Waals surface area contributed by atoms with Gasteiger partial charge in [0, 0.05) is 6.54 Å². The van der Waals surface area contributed by atoms with Crippen LogP contribution in [-0.4, -0.2) is 19.6 Å². The van der Waals surface area contributed by atoms with Crippen LogP contribution in [0.3, 0.4) is 0 Å². The first kappa shape index (κ1) is 10.7. The van der Waals surface area contributed by atoms with Crippen LogP contribution in [0.5, 0.6) is 0 Å². The lowest BCUT2D eigenvalue weighted by atomic mass is 9.91. The second kappa shape index (κ2) is 5.29. The number of benzene rings is 1. The Bertz CT molecular complexity index is 303. The minimum atomic E-state index is 0.721. The molecule has 15 heavy (non-hydrogen) atoms. The molecule has 0 aliphatic carbocycles. The van der Waals surface area contributed by atoms with Crippen molar-refractivity contribution in [3.05, 3.63) is 35.4 Å². The molecule has 0 saturated carbocycles. The summed E-state index contributed by atoms with van der Waals surface area (Å²) >= 11 is 0. The van der Waals surface area contributed by atoms with Gasteiger partial charge >= 0.3 is 0 Å². The zero-order chi connectivity index (χ0) is 10.5. The van der Waals surface area contributed by atoms with Crippen molar-refractivity contribution in [3.63, 3.8) is 0 Å². The summed E-state index contributed by atoms with van der Waals surface area (Å²) in [6.07, 6.45) is 3.50. The van der Waals surface area contributed by atoms with Gasteiger partial charge in [0.1, 0.15) is 0 Å². The lowest BCUT2D eigenvalue weighted by molar-refractivity contribution is 0.737. The first-order chi connectivity index (χ1) is 7.42. The molecular formula is C13H20N2. The molecule has 0 aromatic heterocycles. The van der Waals surface area contributed by atoms with Gasteiger partial charge in [-0.25, -0.2) is 0 Å². The first-order valence-corrected chi connectivity index (χ1v) is 5.90. The molecule has 1 aliphatic heterocycles. The van der Waals surface area contributed by atoms with Gasteiger partial charge in [0.05, 0.1) is 0 Å². The van der Waals surface area contributed by atoms with E-state index in [1.807, 2.05) is 0 Å². The Balaban J connectivity index is 2.13. The van der Waals surface area contributed by atoms with Gasteiger partial charge in [-0.3, -0.25) is 0 Å². The largest absolute Gasteiger partial charge is 0.330 e. The minimum Gasteiger partial charge on any atom is -0.330 e. The van der Waals surface area contributed by atoms with Gasteiger partial charge in [-0.1, -0.05) is 24.3 Å². The summed E-state index contributed by atoms with van der Waals surface area (Å²) in [6.45, 7) is 3.09. The van der Waals surface area contributed by atoms with Crippen molar-refractivity contribution in [2.24, 2.45) is 5.73 Å². The fourth-order valence-corrected chi connectivity index (χ4v) is 2.37. The summed E-state index contributed by atoms with van der Waals surface area (Å²) in [5.74, 6) is 0.721. The number of hydrogen-bond donors (Lipinski definition) is 2. The molecular weight excluding hydrogens is 184 g/mol. The fraction of sp³-hybridized carbons (Fsp3) is 0.538. The molecule has 1 saturated heterocycles. The third-order valence-electron chi connectivity index (χ3n) is 3.21. The van der Waals surface area contributed by atoms with Crippen LogP contribution in [0.15, 0.2) is 24.3 Å². The Kier molecular flexibility index (Phi) is 3.75. The van der Waals surface area contributed by atoms with Crippen LogP contribution in [0.4, 0.5) is 0 Å². The van der Waals surface area contributed by atoms with E-state index in [0.717, 1.165) is 38.4 Å². The van der Waals surface area contributed by atoms with E-state index in [9.17, 15) is 0 Å². The molecule has 1 fully saturated rings. The number of aryl methyl sites for hydroxylation is 1. The summed E-state index contributed by atoms with van der Waals surface area (Å²) in [7, 11) is 0. The van der Waals surface area contributed by atoms with Crippen LogP contribution in [0, 0.1) is 0 Å². The van der Waals surface area contributed by atoms with E-state index in [2.05, 4.69) is 29.6 Å². The highest BCUT2D eigenvalue weighted by atomic mass is 14.9. The zero-order valence-electron chi connectivity index (χ0n) is 9.21. The fourth-order valence-electron chi connectivity index (χ4n) is 2.37. The second-order valence-corrected chi connectivity index (χ2v) is 4.28. The first-order valence-electron chi connectivity index (χ1n) is 5.90. The van der Waals surface area contributed by atoms with Crippen molar-refractivity contribution in [3.8, 4) is 0 Å². The average molecular weight is 204 g/mol. The smallest absolute Gasteiger partial charge is 0.00207 e. The van der Waals surface area contributed by atoms with Crippen molar-refractivity contribution in [1.82, 2.24) is 5.32 Å². The van der Waals surface area contributed by atoms with Crippen molar-refractivity contribution in [2.45, 2.75) is 25.2 Å². The number of rotatable bonds is 4. The maximum atomic E-state index is 5.57. The van der Waals surface area contributed by atoms with Gasteiger partial charge in [0.2, 0.25) is 0 Å². The Hall–Kier alpha value is -0.860. The molecule has 1 aromatic carbocycles. The SMILES string of the molecule is NCCCc1ccccc1C1CCNC1. The normalized spacial score (nSPS) is 20.7. The molecule has 3 N–H and O–H groups in total. The zero-order valence-corrected chi connectivity index (χ0v) is 9.21. The molecule has 1 aromatic rings. The number of hydrogen-bond acceptors (Lipinski definition) is 2. The van der Waals surface area contributed by atoms with E-state index in [1.54, 1.807) is 0 Å². The predicted molar refractivity (Wildman–Crippen MR) is 64.0 cm³/mol. The van der Waals surface area contributed by atoms with Crippen LogP contribution in [0.1, 0.15) is 29.9 Å². The molecule has 0 amide bonds. The van der Waals surface area contributed by atoms with Crippen LogP contribution in [-0.2, 0) is 6.42 Å². The van der Waals surface area contributed by atoms with Gasteiger partial charge in [0.15, 0.2) is 0 Å². The average Bonchev–Trinajstić information content (AvgIpc) is 2.80. The van der Waals surface area contributed by atoms with Crippen molar-refractivity contribution < 1.29 is 0 Å². The monoisotopic (exact) mass is 204 g/mol. The highest BCUT2D eigenvalue weighted by molar-refractivity contribution is 5.31. The third-order valence-corrected chi connectivity index (χ3v) is 3.21. The number of nitrogens with two attached hydrogens (primary N) is 1. The summed E-state index contributed by atoms with van der Waals surface area (Å²) in [5, 5.41) is 3.43. The maximum absolute atomic E-state index is 5.57. The summed E-state index contributed by atoms with van der Waals surface area (Å²) in [4.78, 5) is 0. The molecule has 1 unspecified atom stereocenters. The van der Waals surface area contributed by atoms with Gasteiger partial charge in [-0.15, -0.1) is 0 Å². The Labute approximate surface area is 91.9 Å². The van der Waals surface area contributed by atoms with E-state index >= 15 is 0 Å². The van der Waals surface area contributed by atoms with Crippen molar-refractivity contribution in [1.29, 1.82) is 0 Å². The molecule has 0 spiro atoms. The van der Waals surface area contributed by atoms with Gasteiger partial charge in [-0.05, 0) is 49.4 Å². The minimum absolute atomic E-state index is 0.721. The summed E-state index contributed by atoms with van der Waals surface area (Å²) < 4.78 is 0. The standard InChI is InChI=1S/C13H20N2/c14-8-3-5-11-4-1-2-6-13(11)12-7-9-15-10-12/h1-2,4,6,12,15H,3,5,7-10,14H2. The predicted octanol–water partition coefficient (Wildman–Crippen LogP) is 1.65. The Morgan fingerprint density at radius 3 is 2.93 bits per heavy atom. The molecule has 1 aliphatic rings. The molecule has 0 radical (unpaired) electrons. The van der Waals surface area contributed by atoms with Crippen LogP contribution in [0.2, 0.25) is 0 Å². The molecule has 1 atom stereocenters. The quantitative estimate of drug-likeness (QED) is 0.782. The Morgan fingerprint density at radius 2 is 2.20 bits per heavy atom. The lowest BCUT2D eigenvalue weighted by Gasteiger charge is -2.14. The van der Waals surface area contributed by atoms with Crippen LogP contribution >= 0.6 is 0 Å². The van der Waals surface area contributed by atoms with Gasteiger partial charge in [-0.2, -0.15) is 0 Å². The molecule has 2 heteroatoms. The third kappa shape index (κ3) is 2.58. The van der Waals surface area contributed by atoms with Gasteiger partial charge in [0.25, 0.3) is 0 Å². The molecule has 2 rings (SSSR count). The Morgan fingerprint density at radius 1 is 1.33 bits per heavy atom. The summed E-state index contributed by atoms with van der Waals surface area (Å²) in [5.41, 5.74) is 8.60. The highest BCUT2D eigenvalue weighted by Gasteiger charge is 2.18. The van der Waals surface area contributed by atoms with E-state index in [0.29, 0.717) is 0 Å². The van der Waals surface area contributed by atoms with E-state index < -0.39 is 0 Å². The van der Waals surface area contributed by atoms with Crippen molar-refractivity contribution in [2.75, 3.05) is 19.6 Å². The molecule has 82 valence electrons. The molecule has 0 bridgehead atoms. The van der Waals surface area contributed by atoms with E-state index in [-0.39, 0.29) is 0 Å². The van der Waals surface area contributed by atoms with E-state index in [1.165, 1.54) is 17.5 Å². The topological polar surface area (TPSA) is 38.0 Å². The molecule has 2 nitrogen and oxygen atoms in total. The van der Waals surface area contributed by atoms with E-state index in [4.69, 9.17) is 5.73 Å². The highest BCUT2D eigenvalue weighted by Crippen LogP contribution is 2.26. The number of nitrogens with one attached hydrogen (secondary N) is 1.